The van der Waals surface area contributed by atoms with E-state index >= 15 is 0 Å². The summed E-state index contributed by atoms with van der Waals surface area (Å²) in [6, 6.07) is 0. The molecule has 0 aliphatic carbocycles. The van der Waals surface area contributed by atoms with Crippen LogP contribution in [0.4, 0.5) is 0 Å². The summed E-state index contributed by atoms with van der Waals surface area (Å²) in [5.74, 6) is -5.20. The number of hydrogen-bond acceptors (Lipinski definition) is 2. The van der Waals surface area contributed by atoms with Crippen molar-refractivity contribution in [1.82, 2.24) is 0 Å². The van der Waals surface area contributed by atoms with Crippen LogP contribution in [0.15, 0.2) is 9.03 Å². The maximum absolute atomic E-state index is 5.71. The van der Waals surface area contributed by atoms with Crippen LogP contribution in [0.25, 0.3) is 4.86 Å². The fourth-order valence-electron chi connectivity index (χ4n) is 0.495. The monoisotopic (exact) mass is 290 g/mol. The van der Waals surface area contributed by atoms with E-state index in [1.807, 2.05) is 0 Å². The van der Waals surface area contributed by atoms with E-state index in [1.165, 1.54) is 0 Å². The Kier molecular flexibility index (Phi) is 3.66. The zero-order valence-corrected chi connectivity index (χ0v) is 10.9. The summed E-state index contributed by atoms with van der Waals surface area (Å²) in [5.41, 5.74) is 0. The van der Waals surface area contributed by atoms with E-state index in [2.05, 4.69) is 13.9 Å². The van der Waals surface area contributed by atoms with Gasteiger partial charge in [0.2, 0.25) is 0 Å². The van der Waals surface area contributed by atoms with Gasteiger partial charge in [-0.15, -0.1) is 0 Å². The van der Waals surface area contributed by atoms with Gasteiger partial charge in [0.1, 0.15) is 8.22 Å². The molecule has 66 valence electrons. The Hall–Kier alpha value is 2.01. The molecule has 0 amide bonds. The standard InChI is InChI=1S/CH3Cl4N3P3/c1-9-6-10(2,3)8-11(4,5)7-9/h1H3/q-1. The van der Waals surface area contributed by atoms with Crippen molar-refractivity contribution in [1.29, 1.82) is 0 Å². The van der Waals surface area contributed by atoms with Gasteiger partial charge in [-0.3, -0.25) is 0 Å². The molecule has 0 atom stereocenters. The summed E-state index contributed by atoms with van der Waals surface area (Å²) >= 11 is 22.8. The summed E-state index contributed by atoms with van der Waals surface area (Å²) in [4.78, 5) is 3.76. The van der Waals surface area contributed by atoms with Gasteiger partial charge in [-0.05, 0) is 6.66 Å². The fourth-order valence-corrected chi connectivity index (χ4v) is 13.7. The van der Waals surface area contributed by atoms with E-state index in [4.69, 9.17) is 45.0 Å². The molecule has 1 rings (SSSR count). The van der Waals surface area contributed by atoms with Gasteiger partial charge in [0.15, 0.2) is 0 Å². The molecule has 0 saturated carbocycles. The van der Waals surface area contributed by atoms with E-state index in [0.29, 0.717) is 0 Å². The first-order valence-electron chi connectivity index (χ1n) is 2.32. The highest BCUT2D eigenvalue weighted by atomic mass is 35.9. The predicted octanol–water partition coefficient (Wildman–Crippen LogP) is 6.16. The molecule has 0 aromatic carbocycles. The number of nitrogens with zero attached hydrogens (tertiary/aromatic N) is 3. The highest BCUT2D eigenvalue weighted by molar-refractivity contribution is 8.28. The van der Waals surface area contributed by atoms with E-state index < -0.39 is 20.0 Å². The van der Waals surface area contributed by atoms with Gasteiger partial charge in [0.25, 0.3) is 0 Å². The Morgan fingerprint density at radius 3 is 1.73 bits per heavy atom. The second kappa shape index (κ2) is 3.64. The first-order valence-corrected chi connectivity index (χ1v) is 11.0. The maximum Gasteiger partial charge on any atom is 0.131 e. The molecule has 0 N–H and O–H groups in total. The Morgan fingerprint density at radius 2 is 1.45 bits per heavy atom. The molecule has 3 nitrogen and oxygen atoms in total. The SMILES string of the molecule is CP1N=P(Cl)(Cl)[N-]P(Cl)(Cl)=N1. The molecule has 0 aromatic heterocycles. The average Bonchev–Trinajstić information content (AvgIpc) is 1.49. The lowest BCUT2D eigenvalue weighted by Crippen LogP contribution is -1.66. The zero-order chi connectivity index (χ0) is 8.70. The Bertz CT molecular complexity index is 236. The molecule has 1 aliphatic heterocycles. The van der Waals surface area contributed by atoms with Crippen molar-refractivity contribution in [2.24, 2.45) is 9.03 Å². The van der Waals surface area contributed by atoms with E-state index in [-0.39, 0.29) is 0 Å². The summed E-state index contributed by atoms with van der Waals surface area (Å²) < 4.78 is 7.89. The van der Waals surface area contributed by atoms with Gasteiger partial charge >= 0.3 is 0 Å². The van der Waals surface area contributed by atoms with Crippen LogP contribution < -0.4 is 0 Å². The molecule has 0 aromatic rings. The lowest BCUT2D eigenvalue weighted by Gasteiger charge is -2.35. The molecule has 11 heavy (non-hydrogen) atoms. The summed E-state index contributed by atoms with van der Waals surface area (Å²) in [7, 11) is -0.940. The van der Waals surface area contributed by atoms with Gasteiger partial charge in [-0.2, -0.15) is 0 Å². The molecular weight excluding hydrogens is 289 g/mol. The first-order chi connectivity index (χ1) is 4.81. The molecule has 0 fully saturated rings. The van der Waals surface area contributed by atoms with Crippen molar-refractivity contribution in [2.45, 2.75) is 0 Å². The van der Waals surface area contributed by atoms with Crippen LogP contribution in [0.2, 0.25) is 0 Å². The number of rotatable bonds is 0. The minimum Gasteiger partial charge on any atom is -0.528 e. The third-order valence-corrected chi connectivity index (χ3v) is 11.1. The lowest BCUT2D eigenvalue weighted by atomic mass is 12.0. The van der Waals surface area contributed by atoms with Crippen LogP contribution in [-0.4, -0.2) is 6.66 Å². The third kappa shape index (κ3) is 3.71. The molecular formula is CH3Cl4N3P3-. The minimum absolute atomic E-state index is 0.940. The van der Waals surface area contributed by atoms with Crippen LogP contribution in [0, 0.1) is 0 Å². The molecule has 0 saturated heterocycles. The minimum atomic E-state index is -2.60. The molecule has 1 aliphatic rings. The van der Waals surface area contributed by atoms with E-state index in [9.17, 15) is 0 Å². The number of hydrogen-bond donors (Lipinski definition) is 0. The molecule has 1 heterocycles. The van der Waals surface area contributed by atoms with Crippen LogP contribution >= 0.6 is 65.0 Å². The smallest absolute Gasteiger partial charge is 0.131 e. The van der Waals surface area contributed by atoms with Crippen molar-refractivity contribution in [3.63, 3.8) is 0 Å². The summed E-state index contributed by atoms with van der Waals surface area (Å²) in [6.45, 7) is 1.78. The molecule has 0 spiro atoms. The van der Waals surface area contributed by atoms with Gasteiger partial charge in [-0.1, -0.05) is 45.0 Å². The first kappa shape index (κ1) is 11.1. The Labute approximate surface area is 85.4 Å². The quantitative estimate of drug-likeness (QED) is 0.479. The second-order valence-electron chi connectivity index (χ2n) is 1.67. The lowest BCUT2D eigenvalue weighted by molar-refractivity contribution is 1.79. The zero-order valence-electron chi connectivity index (χ0n) is 5.20. The molecule has 0 radical (unpaired) electrons. The van der Waals surface area contributed by atoms with Gasteiger partial charge in [-0.25, -0.2) is 9.03 Å². The normalized spacial score (nSPS) is 28.8. The van der Waals surface area contributed by atoms with Crippen LogP contribution in [-0.2, 0) is 0 Å². The van der Waals surface area contributed by atoms with Crippen LogP contribution in [0.3, 0.4) is 0 Å². The topological polar surface area (TPSA) is 38.8 Å². The van der Waals surface area contributed by atoms with Gasteiger partial charge in [0, 0.05) is 0 Å². The van der Waals surface area contributed by atoms with Crippen LogP contribution in [0.5, 0.6) is 0 Å². The number of halogens is 4. The van der Waals surface area contributed by atoms with Crippen molar-refractivity contribution in [2.75, 3.05) is 6.66 Å². The molecule has 0 bridgehead atoms. The Balaban J connectivity index is 3.00. The fraction of sp³-hybridized carbons (Fsp3) is 1.00. The van der Waals surface area contributed by atoms with Crippen LogP contribution in [0.1, 0.15) is 0 Å². The largest absolute Gasteiger partial charge is 0.528 e. The average molecular weight is 292 g/mol. The molecule has 0 unspecified atom stereocenters. The predicted molar refractivity (Wildman–Crippen MR) is 58.3 cm³/mol. The van der Waals surface area contributed by atoms with E-state index in [0.717, 1.165) is 0 Å². The highest BCUT2D eigenvalue weighted by Crippen LogP contribution is 2.88. The third-order valence-electron chi connectivity index (χ3n) is 0.689. The Morgan fingerprint density at radius 1 is 1.09 bits per heavy atom. The summed E-state index contributed by atoms with van der Waals surface area (Å²) in [6.07, 6.45) is 0. The van der Waals surface area contributed by atoms with Crippen molar-refractivity contribution in [3.8, 4) is 0 Å². The second-order valence-corrected chi connectivity index (χ2v) is 13.3. The summed E-state index contributed by atoms with van der Waals surface area (Å²) in [5, 5.41) is 0. The highest BCUT2D eigenvalue weighted by Gasteiger charge is 2.16. The van der Waals surface area contributed by atoms with Gasteiger partial charge in [0.05, 0.1) is 11.8 Å². The van der Waals surface area contributed by atoms with Gasteiger partial charge < -0.3 is 4.86 Å². The van der Waals surface area contributed by atoms with E-state index in [1.54, 1.807) is 6.66 Å². The van der Waals surface area contributed by atoms with Crippen molar-refractivity contribution < 1.29 is 0 Å². The molecule has 10 heteroatoms. The maximum atomic E-state index is 5.71. The van der Waals surface area contributed by atoms with Crippen molar-refractivity contribution >= 4 is 65.0 Å². The van der Waals surface area contributed by atoms with Crippen molar-refractivity contribution in [3.05, 3.63) is 4.86 Å².